The van der Waals surface area contributed by atoms with Crippen LogP contribution in [0.3, 0.4) is 0 Å². The summed E-state index contributed by atoms with van der Waals surface area (Å²) in [5, 5.41) is 10.7. The highest BCUT2D eigenvalue weighted by atomic mass is 16.3. The molecule has 0 aromatic carbocycles. The van der Waals surface area contributed by atoms with Crippen LogP contribution in [0.25, 0.3) is 0 Å². The molecule has 0 aromatic rings. The van der Waals surface area contributed by atoms with E-state index in [4.69, 9.17) is 5.73 Å². The second kappa shape index (κ2) is 5.86. The van der Waals surface area contributed by atoms with Gasteiger partial charge in [-0.1, -0.05) is 41.5 Å². The average molecular weight is 215 g/mol. The van der Waals surface area contributed by atoms with E-state index in [0.29, 0.717) is 17.8 Å². The van der Waals surface area contributed by atoms with Gasteiger partial charge in [0.15, 0.2) is 0 Å². The number of hydrogen-bond acceptors (Lipinski definition) is 2. The van der Waals surface area contributed by atoms with Gasteiger partial charge in [0.2, 0.25) is 0 Å². The van der Waals surface area contributed by atoms with Crippen molar-refractivity contribution in [3.63, 3.8) is 0 Å². The van der Waals surface area contributed by atoms with E-state index >= 15 is 0 Å². The summed E-state index contributed by atoms with van der Waals surface area (Å²) in [6.07, 6.45) is 1.59. The molecule has 0 aliphatic rings. The molecule has 2 heteroatoms. The molecule has 2 nitrogen and oxygen atoms in total. The average Bonchev–Trinajstić information content (AvgIpc) is 1.99. The highest BCUT2D eigenvalue weighted by Crippen LogP contribution is 2.30. The lowest BCUT2D eigenvalue weighted by Crippen LogP contribution is -2.52. The van der Waals surface area contributed by atoms with Crippen LogP contribution in [-0.2, 0) is 0 Å². The third-order valence-electron chi connectivity index (χ3n) is 2.86. The molecular formula is C13H29NO. The predicted molar refractivity (Wildman–Crippen MR) is 66.7 cm³/mol. The number of aliphatic hydroxyl groups is 1. The van der Waals surface area contributed by atoms with Crippen molar-refractivity contribution in [3.05, 3.63) is 0 Å². The lowest BCUT2D eigenvalue weighted by atomic mass is 9.76. The maximum absolute atomic E-state index is 10.7. The van der Waals surface area contributed by atoms with Gasteiger partial charge in [0.25, 0.3) is 0 Å². The first-order valence-electron chi connectivity index (χ1n) is 6.17. The molecule has 0 bridgehead atoms. The lowest BCUT2D eigenvalue weighted by Gasteiger charge is -2.39. The number of rotatable bonds is 6. The molecule has 15 heavy (non-hydrogen) atoms. The maximum Gasteiger partial charge on any atom is 0.0805 e. The largest absolute Gasteiger partial charge is 0.388 e. The standard InChI is InChI=1S/C13H29NO/c1-9(2)7-13(15,8-10(3)4)12(14)11(5)6/h9-12,15H,7-8,14H2,1-6H3/t12-/m0/s1. The normalized spacial score (nSPS) is 15.4. The van der Waals surface area contributed by atoms with Gasteiger partial charge in [-0.25, -0.2) is 0 Å². The molecule has 3 N–H and O–H groups in total. The van der Waals surface area contributed by atoms with E-state index in [0.717, 1.165) is 12.8 Å². The molecule has 0 spiro atoms. The third-order valence-corrected chi connectivity index (χ3v) is 2.86. The van der Waals surface area contributed by atoms with Crippen LogP contribution in [0.15, 0.2) is 0 Å². The molecule has 0 amide bonds. The van der Waals surface area contributed by atoms with E-state index in [-0.39, 0.29) is 6.04 Å². The smallest absolute Gasteiger partial charge is 0.0805 e. The van der Waals surface area contributed by atoms with Crippen molar-refractivity contribution in [1.29, 1.82) is 0 Å². The summed E-state index contributed by atoms with van der Waals surface area (Å²) in [6, 6.07) is -0.123. The molecule has 1 atom stereocenters. The van der Waals surface area contributed by atoms with E-state index < -0.39 is 5.60 Å². The third kappa shape index (κ3) is 4.98. The molecule has 0 aromatic heterocycles. The predicted octanol–water partition coefficient (Wildman–Crippen LogP) is 2.79. The van der Waals surface area contributed by atoms with Gasteiger partial charge in [-0.05, 0) is 30.6 Å². The molecule has 0 saturated carbocycles. The van der Waals surface area contributed by atoms with Gasteiger partial charge in [0.05, 0.1) is 5.60 Å². The number of hydrogen-bond donors (Lipinski definition) is 2. The molecule has 0 fully saturated rings. The zero-order valence-electron chi connectivity index (χ0n) is 11.2. The van der Waals surface area contributed by atoms with Crippen molar-refractivity contribution in [1.82, 2.24) is 0 Å². The van der Waals surface area contributed by atoms with Gasteiger partial charge in [-0.2, -0.15) is 0 Å². The van der Waals surface area contributed by atoms with Crippen LogP contribution in [0.5, 0.6) is 0 Å². The van der Waals surface area contributed by atoms with E-state index in [1.807, 2.05) is 0 Å². The summed E-state index contributed by atoms with van der Waals surface area (Å²) in [4.78, 5) is 0. The Balaban J connectivity index is 4.67. The van der Waals surface area contributed by atoms with Crippen LogP contribution >= 0.6 is 0 Å². The van der Waals surface area contributed by atoms with Crippen molar-refractivity contribution in [2.45, 2.75) is 66.0 Å². The Morgan fingerprint density at radius 1 is 0.933 bits per heavy atom. The summed E-state index contributed by atoms with van der Waals surface area (Å²) in [6.45, 7) is 12.7. The lowest BCUT2D eigenvalue weighted by molar-refractivity contribution is -0.0347. The summed E-state index contributed by atoms with van der Waals surface area (Å²) in [7, 11) is 0. The van der Waals surface area contributed by atoms with Crippen LogP contribution in [0.1, 0.15) is 54.4 Å². The Kier molecular flexibility index (Phi) is 5.82. The van der Waals surface area contributed by atoms with E-state index in [1.165, 1.54) is 0 Å². The van der Waals surface area contributed by atoms with Gasteiger partial charge in [0, 0.05) is 6.04 Å². The molecule has 0 aliphatic heterocycles. The minimum absolute atomic E-state index is 0.123. The van der Waals surface area contributed by atoms with Crippen molar-refractivity contribution in [3.8, 4) is 0 Å². The first kappa shape index (κ1) is 14.9. The van der Waals surface area contributed by atoms with Crippen molar-refractivity contribution >= 4 is 0 Å². The van der Waals surface area contributed by atoms with E-state index in [1.54, 1.807) is 0 Å². The minimum Gasteiger partial charge on any atom is -0.388 e. The van der Waals surface area contributed by atoms with Crippen molar-refractivity contribution < 1.29 is 5.11 Å². The molecule has 0 radical (unpaired) electrons. The monoisotopic (exact) mass is 215 g/mol. The van der Waals surface area contributed by atoms with Crippen LogP contribution < -0.4 is 5.73 Å². The summed E-state index contributed by atoms with van der Waals surface area (Å²) in [5.74, 6) is 1.30. The maximum atomic E-state index is 10.7. The van der Waals surface area contributed by atoms with Crippen LogP contribution in [0, 0.1) is 17.8 Å². The molecule has 0 heterocycles. The van der Waals surface area contributed by atoms with Gasteiger partial charge in [-0.3, -0.25) is 0 Å². The molecule has 0 unspecified atom stereocenters. The Hall–Kier alpha value is -0.0800. The van der Waals surface area contributed by atoms with Gasteiger partial charge in [0.1, 0.15) is 0 Å². The van der Waals surface area contributed by atoms with Gasteiger partial charge in [-0.15, -0.1) is 0 Å². The van der Waals surface area contributed by atoms with Gasteiger partial charge < -0.3 is 10.8 Å². The molecular weight excluding hydrogens is 186 g/mol. The van der Waals surface area contributed by atoms with Crippen molar-refractivity contribution in [2.24, 2.45) is 23.5 Å². The second-order valence-corrected chi connectivity index (χ2v) is 6.07. The zero-order chi connectivity index (χ0) is 12.2. The Morgan fingerprint density at radius 3 is 1.47 bits per heavy atom. The first-order valence-corrected chi connectivity index (χ1v) is 6.17. The fourth-order valence-corrected chi connectivity index (χ4v) is 2.39. The Bertz CT molecular complexity index is 165. The zero-order valence-corrected chi connectivity index (χ0v) is 11.2. The molecule has 92 valence electrons. The highest BCUT2D eigenvalue weighted by molar-refractivity contribution is 4.92. The highest BCUT2D eigenvalue weighted by Gasteiger charge is 2.36. The molecule has 0 rings (SSSR count). The van der Waals surface area contributed by atoms with E-state index in [9.17, 15) is 5.11 Å². The summed E-state index contributed by atoms with van der Waals surface area (Å²) >= 11 is 0. The van der Waals surface area contributed by atoms with Crippen LogP contribution in [0.4, 0.5) is 0 Å². The second-order valence-electron chi connectivity index (χ2n) is 6.07. The Labute approximate surface area is 95.3 Å². The summed E-state index contributed by atoms with van der Waals surface area (Å²) in [5.41, 5.74) is 5.44. The minimum atomic E-state index is -0.698. The topological polar surface area (TPSA) is 46.2 Å². The number of nitrogens with two attached hydrogens (primary N) is 1. The molecule has 0 aliphatic carbocycles. The fraction of sp³-hybridized carbons (Fsp3) is 1.00. The quantitative estimate of drug-likeness (QED) is 0.715. The SMILES string of the molecule is CC(C)CC(O)(CC(C)C)[C@@H](N)C(C)C. The van der Waals surface area contributed by atoms with Gasteiger partial charge >= 0.3 is 0 Å². The molecule has 0 saturated heterocycles. The van der Waals surface area contributed by atoms with Crippen molar-refractivity contribution in [2.75, 3.05) is 0 Å². The fourth-order valence-electron chi connectivity index (χ4n) is 2.39. The van der Waals surface area contributed by atoms with E-state index in [2.05, 4.69) is 41.5 Å². The Morgan fingerprint density at radius 2 is 1.27 bits per heavy atom. The van der Waals surface area contributed by atoms with Crippen LogP contribution in [-0.4, -0.2) is 16.7 Å². The van der Waals surface area contributed by atoms with Crippen LogP contribution in [0.2, 0.25) is 0 Å². The summed E-state index contributed by atoms with van der Waals surface area (Å²) < 4.78 is 0. The first-order chi connectivity index (χ1) is 6.69.